The Labute approximate surface area is 128 Å². The summed E-state index contributed by atoms with van der Waals surface area (Å²) >= 11 is 11.1. The van der Waals surface area contributed by atoms with E-state index in [1.54, 1.807) is 25.3 Å². The number of rotatable bonds is 4. The van der Waals surface area contributed by atoms with Crippen LogP contribution >= 0.6 is 23.8 Å². The molecule has 3 nitrogen and oxygen atoms in total. The first-order chi connectivity index (χ1) is 9.51. The number of aryl methyl sites for hydroxylation is 1. The van der Waals surface area contributed by atoms with E-state index in [0.717, 1.165) is 28.3 Å². The van der Waals surface area contributed by atoms with Gasteiger partial charge in [-0.05, 0) is 42.8 Å². The largest absolute Gasteiger partial charge is 0.495 e. The topological polar surface area (TPSA) is 47.3 Å². The number of methoxy groups -OCH3 is 1. The van der Waals surface area contributed by atoms with Gasteiger partial charge in [0.05, 0.1) is 18.5 Å². The molecule has 0 unspecified atom stereocenters. The summed E-state index contributed by atoms with van der Waals surface area (Å²) in [5.41, 5.74) is 9.20. The van der Waals surface area contributed by atoms with Gasteiger partial charge in [-0.2, -0.15) is 0 Å². The smallest absolute Gasteiger partial charge is 0.142 e. The van der Waals surface area contributed by atoms with Crippen molar-refractivity contribution in [1.29, 1.82) is 0 Å². The summed E-state index contributed by atoms with van der Waals surface area (Å²) in [4.78, 5) is 0.316. The monoisotopic (exact) mass is 306 g/mol. The first kappa shape index (κ1) is 14.6. The minimum atomic E-state index is 0.316. The van der Waals surface area contributed by atoms with Gasteiger partial charge in [0.15, 0.2) is 0 Å². The second-order valence-corrected chi connectivity index (χ2v) is 5.26. The maximum atomic E-state index is 6.04. The molecule has 104 valence electrons. The molecule has 2 aromatic carbocycles. The number of hydrogen-bond acceptors (Lipinski definition) is 3. The Bertz CT molecular complexity index is 658. The molecule has 0 amide bonds. The fourth-order valence-electron chi connectivity index (χ4n) is 1.90. The second kappa shape index (κ2) is 6.11. The van der Waals surface area contributed by atoms with Gasteiger partial charge in [-0.25, -0.2) is 0 Å². The molecule has 0 saturated carbocycles. The minimum absolute atomic E-state index is 0.316. The maximum absolute atomic E-state index is 6.04. The molecule has 0 saturated heterocycles. The zero-order valence-electron chi connectivity index (χ0n) is 11.2. The summed E-state index contributed by atoms with van der Waals surface area (Å²) in [6.07, 6.45) is 0. The molecular weight excluding hydrogens is 292 g/mol. The Kier molecular flexibility index (Phi) is 4.47. The SMILES string of the molecule is COc1ccc(C)cc1Nc1cc(Cl)ccc1C(N)=S. The number of benzene rings is 2. The van der Waals surface area contributed by atoms with Crippen molar-refractivity contribution < 1.29 is 4.74 Å². The van der Waals surface area contributed by atoms with Gasteiger partial charge in [-0.3, -0.25) is 0 Å². The summed E-state index contributed by atoms with van der Waals surface area (Å²) < 4.78 is 5.34. The molecule has 3 N–H and O–H groups in total. The molecule has 0 aliphatic rings. The fraction of sp³-hybridized carbons (Fsp3) is 0.133. The predicted octanol–water partition coefficient (Wildman–Crippen LogP) is 4.03. The van der Waals surface area contributed by atoms with Crippen LogP contribution in [0.15, 0.2) is 36.4 Å². The molecule has 0 radical (unpaired) electrons. The number of ether oxygens (including phenoxy) is 1. The first-order valence-corrected chi connectivity index (χ1v) is 6.81. The fourth-order valence-corrected chi connectivity index (χ4v) is 2.25. The summed E-state index contributed by atoms with van der Waals surface area (Å²) in [5.74, 6) is 0.740. The van der Waals surface area contributed by atoms with Crippen LogP contribution in [0.5, 0.6) is 5.75 Å². The van der Waals surface area contributed by atoms with Crippen molar-refractivity contribution in [3.63, 3.8) is 0 Å². The number of nitrogens with one attached hydrogen (secondary N) is 1. The average Bonchev–Trinajstić information content (AvgIpc) is 2.38. The molecule has 0 bridgehead atoms. The van der Waals surface area contributed by atoms with Gasteiger partial charge in [0.2, 0.25) is 0 Å². The Morgan fingerprint density at radius 1 is 1.20 bits per heavy atom. The zero-order chi connectivity index (χ0) is 14.7. The summed E-state index contributed by atoms with van der Waals surface area (Å²) in [7, 11) is 1.63. The van der Waals surface area contributed by atoms with Gasteiger partial charge in [0, 0.05) is 10.6 Å². The molecule has 0 aromatic heterocycles. The highest BCUT2D eigenvalue weighted by atomic mass is 35.5. The Balaban J connectivity index is 2.46. The van der Waals surface area contributed by atoms with E-state index in [9.17, 15) is 0 Å². The van der Waals surface area contributed by atoms with Crippen LogP contribution in [0.2, 0.25) is 5.02 Å². The van der Waals surface area contributed by atoms with Gasteiger partial charge < -0.3 is 15.8 Å². The van der Waals surface area contributed by atoms with Crippen molar-refractivity contribution in [2.75, 3.05) is 12.4 Å². The van der Waals surface area contributed by atoms with E-state index in [2.05, 4.69) is 5.32 Å². The normalized spacial score (nSPS) is 10.2. The van der Waals surface area contributed by atoms with Crippen LogP contribution < -0.4 is 15.8 Å². The Hall–Kier alpha value is -1.78. The van der Waals surface area contributed by atoms with Crippen LogP contribution in [0.3, 0.4) is 0 Å². The van der Waals surface area contributed by atoms with Gasteiger partial charge in [-0.15, -0.1) is 0 Å². The summed E-state index contributed by atoms with van der Waals surface area (Å²) in [6, 6.07) is 11.2. The van der Waals surface area contributed by atoms with E-state index < -0.39 is 0 Å². The molecule has 2 aromatic rings. The van der Waals surface area contributed by atoms with Crippen LogP contribution in [0.25, 0.3) is 0 Å². The molecule has 0 heterocycles. The summed E-state index contributed by atoms with van der Waals surface area (Å²) in [5, 5.41) is 3.89. The van der Waals surface area contributed by atoms with Crippen molar-refractivity contribution in [2.45, 2.75) is 6.92 Å². The molecule has 0 aliphatic heterocycles. The lowest BCUT2D eigenvalue weighted by atomic mass is 10.1. The number of nitrogens with two attached hydrogens (primary N) is 1. The quantitative estimate of drug-likeness (QED) is 0.837. The lowest BCUT2D eigenvalue weighted by Crippen LogP contribution is -2.12. The van der Waals surface area contributed by atoms with Gasteiger partial charge in [0.1, 0.15) is 10.7 Å². The molecular formula is C15H15ClN2OS. The Morgan fingerprint density at radius 3 is 2.60 bits per heavy atom. The number of thiocarbonyl (C=S) groups is 1. The molecule has 5 heteroatoms. The second-order valence-electron chi connectivity index (χ2n) is 4.38. The van der Waals surface area contributed by atoms with E-state index >= 15 is 0 Å². The third-order valence-electron chi connectivity index (χ3n) is 2.87. The van der Waals surface area contributed by atoms with Crippen molar-refractivity contribution in [3.8, 4) is 5.75 Å². The van der Waals surface area contributed by atoms with E-state index in [4.69, 9.17) is 34.3 Å². The lowest BCUT2D eigenvalue weighted by Gasteiger charge is -2.15. The molecule has 0 aliphatic carbocycles. The predicted molar refractivity (Wildman–Crippen MR) is 88.4 cm³/mol. The molecule has 0 atom stereocenters. The van der Waals surface area contributed by atoms with Crippen LogP contribution in [-0.2, 0) is 0 Å². The van der Waals surface area contributed by atoms with Crippen LogP contribution in [0, 0.1) is 6.92 Å². The summed E-state index contributed by atoms with van der Waals surface area (Å²) in [6.45, 7) is 2.01. The number of hydrogen-bond donors (Lipinski definition) is 2. The van der Waals surface area contributed by atoms with Crippen LogP contribution in [0.1, 0.15) is 11.1 Å². The van der Waals surface area contributed by atoms with Crippen molar-refractivity contribution in [1.82, 2.24) is 0 Å². The van der Waals surface area contributed by atoms with E-state index in [0.29, 0.717) is 10.0 Å². The van der Waals surface area contributed by atoms with Crippen LogP contribution in [0.4, 0.5) is 11.4 Å². The van der Waals surface area contributed by atoms with Gasteiger partial charge in [-0.1, -0.05) is 29.9 Å². The highest BCUT2D eigenvalue weighted by Gasteiger charge is 2.09. The van der Waals surface area contributed by atoms with E-state index in [1.165, 1.54) is 0 Å². The standard InChI is InChI=1S/C15H15ClN2OS/c1-9-3-6-14(19-2)13(7-9)18-12-8-10(16)4-5-11(12)15(17)20/h3-8,18H,1-2H3,(H2,17,20). The van der Waals surface area contributed by atoms with Crippen molar-refractivity contribution in [2.24, 2.45) is 5.73 Å². The number of halogens is 1. The van der Waals surface area contributed by atoms with Crippen LogP contribution in [-0.4, -0.2) is 12.1 Å². The average molecular weight is 307 g/mol. The number of anilines is 2. The molecule has 0 spiro atoms. The van der Waals surface area contributed by atoms with Gasteiger partial charge in [0.25, 0.3) is 0 Å². The third-order valence-corrected chi connectivity index (χ3v) is 3.33. The third kappa shape index (κ3) is 3.21. The Morgan fingerprint density at radius 2 is 1.95 bits per heavy atom. The van der Waals surface area contributed by atoms with Gasteiger partial charge >= 0.3 is 0 Å². The first-order valence-electron chi connectivity index (χ1n) is 6.02. The van der Waals surface area contributed by atoms with Crippen molar-refractivity contribution in [3.05, 3.63) is 52.5 Å². The molecule has 0 fully saturated rings. The highest BCUT2D eigenvalue weighted by molar-refractivity contribution is 7.80. The maximum Gasteiger partial charge on any atom is 0.142 e. The zero-order valence-corrected chi connectivity index (χ0v) is 12.8. The van der Waals surface area contributed by atoms with Crippen molar-refractivity contribution >= 4 is 40.2 Å². The molecule has 2 rings (SSSR count). The van der Waals surface area contributed by atoms with E-state index in [-0.39, 0.29) is 0 Å². The van der Waals surface area contributed by atoms with E-state index in [1.807, 2.05) is 25.1 Å². The molecule has 20 heavy (non-hydrogen) atoms. The highest BCUT2D eigenvalue weighted by Crippen LogP contribution is 2.31. The minimum Gasteiger partial charge on any atom is -0.495 e. The lowest BCUT2D eigenvalue weighted by molar-refractivity contribution is 0.416.